The molecule has 12 heteroatoms. The van der Waals surface area contributed by atoms with Gasteiger partial charge in [0.05, 0.1) is 15.5 Å². The normalized spacial score (nSPS) is 11.9. The van der Waals surface area contributed by atoms with Gasteiger partial charge >= 0.3 is 0 Å². The van der Waals surface area contributed by atoms with Gasteiger partial charge in [-0.15, -0.1) is 0 Å². The largest absolute Gasteiger partial charge is 0.352 e. The summed E-state index contributed by atoms with van der Waals surface area (Å²) in [5, 5.41) is 14.2. The van der Waals surface area contributed by atoms with Crippen molar-refractivity contribution >= 4 is 49.1 Å². The van der Waals surface area contributed by atoms with Gasteiger partial charge in [0.25, 0.3) is 15.7 Å². The zero-order valence-corrected chi connectivity index (χ0v) is 27.1. The molecule has 0 saturated heterocycles. The molecule has 45 heavy (non-hydrogen) atoms. The average molecular weight is 694 g/mol. The molecule has 0 aliphatic heterocycles. The number of nitrogens with one attached hydrogen (secondary N) is 1. The van der Waals surface area contributed by atoms with Gasteiger partial charge in [0, 0.05) is 35.6 Å². The van der Waals surface area contributed by atoms with E-state index in [2.05, 4.69) is 21.2 Å². The number of carbonyl (C=O) groups is 2. The number of hydrogen-bond donors (Lipinski definition) is 1. The summed E-state index contributed by atoms with van der Waals surface area (Å²) in [4.78, 5) is 40.2. The van der Waals surface area contributed by atoms with Crippen molar-refractivity contribution in [3.05, 3.63) is 135 Å². The van der Waals surface area contributed by atoms with Crippen LogP contribution in [0.5, 0.6) is 0 Å². The number of nitro groups is 1. The van der Waals surface area contributed by atoms with Crippen LogP contribution in [0.4, 0.5) is 11.4 Å². The van der Waals surface area contributed by atoms with Gasteiger partial charge in [-0.2, -0.15) is 0 Å². The van der Waals surface area contributed by atoms with E-state index in [0.29, 0.717) is 0 Å². The number of halogens is 1. The van der Waals surface area contributed by atoms with Gasteiger partial charge in [-0.1, -0.05) is 76.6 Å². The van der Waals surface area contributed by atoms with Gasteiger partial charge in [-0.25, -0.2) is 8.42 Å². The molecule has 4 aromatic rings. The van der Waals surface area contributed by atoms with Crippen molar-refractivity contribution in [2.24, 2.45) is 0 Å². The lowest BCUT2D eigenvalue weighted by Gasteiger charge is -2.34. The highest BCUT2D eigenvalue weighted by Crippen LogP contribution is 2.27. The van der Waals surface area contributed by atoms with Gasteiger partial charge in [-0.3, -0.25) is 24.0 Å². The van der Waals surface area contributed by atoms with Crippen molar-refractivity contribution in [2.45, 2.75) is 43.8 Å². The van der Waals surface area contributed by atoms with Gasteiger partial charge < -0.3 is 10.2 Å². The van der Waals surface area contributed by atoms with E-state index in [4.69, 9.17) is 0 Å². The molecule has 0 heterocycles. The first-order valence-corrected chi connectivity index (χ1v) is 16.4. The van der Waals surface area contributed by atoms with E-state index >= 15 is 0 Å². The SMILES string of the molecule is CC(C)NC(=O)C(Cc1ccccc1)N(Cc1ccc(Br)cc1)C(=O)CN(c1ccc([N+](=O)[O-])cc1)S(=O)(=O)c1ccccc1. The van der Waals surface area contributed by atoms with E-state index in [1.807, 2.05) is 68.4 Å². The molecule has 0 fully saturated rings. The first kappa shape index (κ1) is 33.3. The summed E-state index contributed by atoms with van der Waals surface area (Å²) in [5.74, 6) is -1.01. The van der Waals surface area contributed by atoms with E-state index < -0.39 is 33.4 Å². The summed E-state index contributed by atoms with van der Waals surface area (Å²) in [5.41, 5.74) is 1.38. The monoisotopic (exact) mass is 692 g/mol. The maximum atomic E-state index is 14.4. The number of rotatable bonds is 13. The van der Waals surface area contributed by atoms with Crippen LogP contribution >= 0.6 is 15.9 Å². The number of nitrogens with zero attached hydrogens (tertiary/aromatic N) is 3. The minimum Gasteiger partial charge on any atom is -0.352 e. The van der Waals surface area contributed by atoms with E-state index in [1.54, 1.807) is 18.2 Å². The Morgan fingerprint density at radius 3 is 1.98 bits per heavy atom. The Labute approximate surface area is 271 Å². The van der Waals surface area contributed by atoms with Crippen molar-refractivity contribution in [3.63, 3.8) is 0 Å². The van der Waals surface area contributed by atoms with Crippen LogP contribution in [0.15, 0.2) is 119 Å². The predicted molar refractivity (Wildman–Crippen MR) is 176 cm³/mol. The Balaban J connectivity index is 1.80. The molecular weight excluding hydrogens is 660 g/mol. The predicted octanol–water partition coefficient (Wildman–Crippen LogP) is 5.72. The maximum Gasteiger partial charge on any atom is 0.269 e. The Kier molecular flexibility index (Phi) is 11.1. The van der Waals surface area contributed by atoms with E-state index in [0.717, 1.165) is 19.9 Å². The summed E-state index contributed by atoms with van der Waals surface area (Å²) >= 11 is 3.42. The Morgan fingerprint density at radius 1 is 0.844 bits per heavy atom. The number of non-ortho nitro benzene ring substituents is 1. The average Bonchev–Trinajstić information content (AvgIpc) is 3.03. The lowest BCUT2D eigenvalue weighted by Crippen LogP contribution is -2.54. The Hall–Kier alpha value is -4.55. The van der Waals surface area contributed by atoms with Crippen LogP contribution in [0.3, 0.4) is 0 Å². The lowest BCUT2D eigenvalue weighted by molar-refractivity contribution is -0.384. The molecule has 0 radical (unpaired) electrons. The van der Waals surface area contributed by atoms with E-state index in [1.165, 1.54) is 41.3 Å². The molecule has 0 saturated carbocycles. The van der Waals surface area contributed by atoms with Crippen LogP contribution in [-0.4, -0.2) is 48.7 Å². The minimum absolute atomic E-state index is 0.0224. The molecule has 0 bridgehead atoms. The second-order valence-electron chi connectivity index (χ2n) is 10.6. The molecule has 0 aliphatic carbocycles. The number of anilines is 1. The number of nitro benzene ring substituents is 1. The number of sulfonamides is 1. The standard InChI is InChI=1S/C33H33BrN4O6S/c1-24(2)35-33(40)31(21-25-9-5-3-6-10-25)36(22-26-13-15-27(34)16-14-26)32(39)23-37(28-17-19-29(20-18-28)38(41)42)45(43,44)30-11-7-4-8-12-30/h3-20,24,31H,21-23H2,1-2H3,(H,35,40). The highest BCUT2D eigenvalue weighted by Gasteiger charge is 2.35. The van der Waals surface area contributed by atoms with Crippen molar-refractivity contribution in [1.82, 2.24) is 10.2 Å². The maximum absolute atomic E-state index is 14.4. The number of carbonyl (C=O) groups excluding carboxylic acids is 2. The molecule has 234 valence electrons. The molecule has 1 unspecified atom stereocenters. The highest BCUT2D eigenvalue weighted by molar-refractivity contribution is 9.10. The van der Waals surface area contributed by atoms with Crippen LogP contribution < -0.4 is 9.62 Å². The number of hydrogen-bond acceptors (Lipinski definition) is 6. The van der Waals surface area contributed by atoms with Crippen LogP contribution in [0.1, 0.15) is 25.0 Å². The molecule has 1 N–H and O–H groups in total. The third-order valence-corrected chi connectivity index (χ3v) is 9.24. The third-order valence-electron chi connectivity index (χ3n) is 6.93. The molecule has 0 spiro atoms. The van der Waals surface area contributed by atoms with E-state index in [-0.39, 0.29) is 41.2 Å². The Morgan fingerprint density at radius 2 is 1.42 bits per heavy atom. The third kappa shape index (κ3) is 8.77. The molecule has 0 aromatic heterocycles. The molecule has 0 aliphatic rings. The number of benzene rings is 4. The van der Waals surface area contributed by atoms with Gasteiger partial charge in [0.2, 0.25) is 11.8 Å². The minimum atomic E-state index is -4.31. The van der Waals surface area contributed by atoms with Crippen molar-refractivity contribution in [3.8, 4) is 0 Å². The summed E-state index contributed by atoms with van der Waals surface area (Å²) in [7, 11) is -4.31. The second kappa shape index (κ2) is 15.0. The number of amides is 2. The molecule has 2 amide bonds. The van der Waals surface area contributed by atoms with Crippen molar-refractivity contribution < 1.29 is 22.9 Å². The Bertz CT molecular complexity index is 1720. The molecule has 4 rings (SSSR count). The fourth-order valence-corrected chi connectivity index (χ4v) is 6.41. The first-order valence-electron chi connectivity index (χ1n) is 14.2. The smallest absolute Gasteiger partial charge is 0.269 e. The van der Waals surface area contributed by atoms with Gasteiger partial charge in [0.15, 0.2) is 0 Å². The zero-order valence-electron chi connectivity index (χ0n) is 24.7. The lowest BCUT2D eigenvalue weighted by atomic mass is 10.0. The van der Waals surface area contributed by atoms with Crippen LogP contribution in [0, 0.1) is 10.1 Å². The summed E-state index contributed by atoms with van der Waals surface area (Å²) in [6.45, 7) is 3.00. The van der Waals surface area contributed by atoms with Crippen molar-refractivity contribution in [1.29, 1.82) is 0 Å². The molecule has 4 aromatic carbocycles. The molecular formula is C33H33BrN4O6S. The van der Waals surface area contributed by atoms with Crippen LogP contribution in [-0.2, 0) is 32.6 Å². The van der Waals surface area contributed by atoms with Crippen LogP contribution in [0.25, 0.3) is 0 Å². The fourth-order valence-electron chi connectivity index (χ4n) is 4.71. The first-order chi connectivity index (χ1) is 21.5. The topological polar surface area (TPSA) is 130 Å². The van der Waals surface area contributed by atoms with Gasteiger partial charge in [0.1, 0.15) is 12.6 Å². The van der Waals surface area contributed by atoms with Crippen LogP contribution in [0.2, 0.25) is 0 Å². The van der Waals surface area contributed by atoms with E-state index in [9.17, 15) is 28.1 Å². The summed E-state index contributed by atoms with van der Waals surface area (Å²) < 4.78 is 29.7. The second-order valence-corrected chi connectivity index (χ2v) is 13.4. The van der Waals surface area contributed by atoms with Gasteiger partial charge in [-0.05, 0) is 61.4 Å². The highest BCUT2D eigenvalue weighted by atomic mass is 79.9. The molecule has 1 atom stereocenters. The fraction of sp³-hybridized carbons (Fsp3) is 0.212. The quantitative estimate of drug-likeness (QED) is 0.141. The zero-order chi connectivity index (χ0) is 32.6. The summed E-state index contributed by atoms with van der Waals surface area (Å²) in [6, 6.07) is 27.9. The van der Waals surface area contributed by atoms with Crippen molar-refractivity contribution in [2.75, 3.05) is 10.8 Å². The summed E-state index contributed by atoms with van der Waals surface area (Å²) in [6.07, 6.45) is 0.185. The molecule has 10 nitrogen and oxygen atoms in total.